The van der Waals surface area contributed by atoms with Crippen LogP contribution in [0.5, 0.6) is 0 Å². The zero-order valence-corrected chi connectivity index (χ0v) is 10.6. The molecule has 1 aromatic heterocycles. The molecule has 1 aromatic rings. The molecular formula is C11H15F3N2O2. The first kappa shape index (κ1) is 14.5. The van der Waals surface area contributed by atoms with Crippen molar-refractivity contribution in [2.24, 2.45) is 0 Å². The number of halogens is 3. The molecule has 18 heavy (non-hydrogen) atoms. The van der Waals surface area contributed by atoms with Crippen LogP contribution in [0.1, 0.15) is 38.1 Å². The Bertz CT molecular complexity index is 432. The quantitative estimate of drug-likeness (QED) is 0.771. The highest BCUT2D eigenvalue weighted by Crippen LogP contribution is 2.23. The largest absolute Gasteiger partial charge is 0.449 e. The minimum absolute atomic E-state index is 0.000949. The summed E-state index contributed by atoms with van der Waals surface area (Å²) < 4.78 is 42.5. The Morgan fingerprint density at radius 3 is 2.33 bits per heavy atom. The summed E-state index contributed by atoms with van der Waals surface area (Å²) in [5, 5.41) is 3.91. The minimum atomic E-state index is -4.56. The summed E-state index contributed by atoms with van der Waals surface area (Å²) in [7, 11) is 0. The standard InChI is InChI=1S/C11H15F3N2O2/c1-7(11(12,13)14)18-9(17)8-5-15-16(6-8)10(2,3)4/h5-7H,1-4H3/t7-/m1/s1. The van der Waals surface area contributed by atoms with Crippen LogP contribution in [0.15, 0.2) is 12.4 Å². The van der Waals surface area contributed by atoms with Crippen molar-refractivity contribution in [3.63, 3.8) is 0 Å². The van der Waals surface area contributed by atoms with E-state index < -0.39 is 18.2 Å². The van der Waals surface area contributed by atoms with Crippen molar-refractivity contribution in [2.75, 3.05) is 0 Å². The highest BCUT2D eigenvalue weighted by molar-refractivity contribution is 5.88. The predicted octanol–water partition coefficient (Wildman–Crippen LogP) is 2.75. The van der Waals surface area contributed by atoms with E-state index in [4.69, 9.17) is 0 Å². The fourth-order valence-electron chi connectivity index (χ4n) is 1.09. The van der Waals surface area contributed by atoms with E-state index in [0.717, 1.165) is 6.92 Å². The maximum Gasteiger partial charge on any atom is 0.425 e. The average molecular weight is 264 g/mol. The highest BCUT2D eigenvalue weighted by Gasteiger charge is 2.39. The van der Waals surface area contributed by atoms with Crippen LogP contribution in [0, 0.1) is 0 Å². The second-order valence-electron chi connectivity index (χ2n) is 4.93. The molecule has 0 saturated carbocycles. The number of hydrogen-bond acceptors (Lipinski definition) is 3. The SMILES string of the molecule is C[C@@H](OC(=O)c1cnn(C(C)(C)C)c1)C(F)(F)F. The maximum atomic E-state index is 12.2. The van der Waals surface area contributed by atoms with Gasteiger partial charge < -0.3 is 4.74 Å². The van der Waals surface area contributed by atoms with Crippen molar-refractivity contribution in [3.05, 3.63) is 18.0 Å². The molecule has 0 amide bonds. The van der Waals surface area contributed by atoms with Crippen LogP contribution in [-0.2, 0) is 10.3 Å². The first-order valence-electron chi connectivity index (χ1n) is 5.34. The fourth-order valence-corrected chi connectivity index (χ4v) is 1.09. The van der Waals surface area contributed by atoms with Crippen LogP contribution >= 0.6 is 0 Å². The van der Waals surface area contributed by atoms with Crippen LogP contribution in [0.3, 0.4) is 0 Å². The summed E-state index contributed by atoms with van der Waals surface area (Å²) in [6.45, 7) is 6.35. The third kappa shape index (κ3) is 3.48. The summed E-state index contributed by atoms with van der Waals surface area (Å²) >= 11 is 0. The minimum Gasteiger partial charge on any atom is -0.449 e. The number of carbonyl (C=O) groups is 1. The Morgan fingerprint density at radius 1 is 1.39 bits per heavy atom. The van der Waals surface area contributed by atoms with E-state index in [1.807, 2.05) is 20.8 Å². The van der Waals surface area contributed by atoms with Gasteiger partial charge in [0.15, 0.2) is 6.10 Å². The molecule has 1 rings (SSSR count). The van der Waals surface area contributed by atoms with Gasteiger partial charge in [0.05, 0.1) is 17.3 Å². The van der Waals surface area contributed by atoms with Crippen LogP contribution in [0.2, 0.25) is 0 Å². The Morgan fingerprint density at radius 2 is 1.94 bits per heavy atom. The van der Waals surface area contributed by atoms with Gasteiger partial charge in [-0.25, -0.2) is 4.79 Å². The second kappa shape index (κ2) is 4.62. The zero-order chi connectivity index (χ0) is 14.1. The lowest BCUT2D eigenvalue weighted by atomic mass is 10.1. The van der Waals surface area contributed by atoms with E-state index in [9.17, 15) is 18.0 Å². The van der Waals surface area contributed by atoms with E-state index in [0.29, 0.717) is 0 Å². The second-order valence-corrected chi connectivity index (χ2v) is 4.93. The van der Waals surface area contributed by atoms with Gasteiger partial charge in [-0.2, -0.15) is 18.3 Å². The van der Waals surface area contributed by atoms with Crippen molar-refractivity contribution in [1.82, 2.24) is 9.78 Å². The van der Waals surface area contributed by atoms with E-state index in [2.05, 4.69) is 9.84 Å². The predicted molar refractivity (Wildman–Crippen MR) is 58.2 cm³/mol. The summed E-state index contributed by atoms with van der Waals surface area (Å²) in [5.41, 5.74) is -0.352. The van der Waals surface area contributed by atoms with Gasteiger partial charge in [-0.1, -0.05) is 0 Å². The summed E-state index contributed by atoms with van der Waals surface area (Å²) in [6.07, 6.45) is -4.14. The normalized spacial score (nSPS) is 14.4. The van der Waals surface area contributed by atoms with Gasteiger partial charge in [-0.05, 0) is 27.7 Å². The fraction of sp³-hybridized carbons (Fsp3) is 0.636. The van der Waals surface area contributed by atoms with E-state index >= 15 is 0 Å². The molecular weight excluding hydrogens is 249 g/mol. The van der Waals surface area contributed by atoms with Crippen LogP contribution in [0.4, 0.5) is 13.2 Å². The van der Waals surface area contributed by atoms with E-state index in [1.54, 1.807) is 0 Å². The molecule has 0 unspecified atom stereocenters. The highest BCUT2D eigenvalue weighted by atomic mass is 19.4. The van der Waals surface area contributed by atoms with Crippen molar-refractivity contribution < 1.29 is 22.7 Å². The van der Waals surface area contributed by atoms with Crippen molar-refractivity contribution in [3.8, 4) is 0 Å². The first-order valence-corrected chi connectivity index (χ1v) is 5.34. The number of ether oxygens (including phenoxy) is 1. The number of rotatable bonds is 2. The lowest BCUT2D eigenvalue weighted by Gasteiger charge is -2.18. The monoisotopic (exact) mass is 264 g/mol. The van der Waals surface area contributed by atoms with Gasteiger partial charge in [0.25, 0.3) is 0 Å². The molecule has 0 fully saturated rings. The molecule has 0 aliphatic carbocycles. The van der Waals surface area contributed by atoms with Gasteiger partial charge >= 0.3 is 12.1 Å². The maximum absolute atomic E-state index is 12.2. The molecule has 1 heterocycles. The molecule has 0 saturated heterocycles. The van der Waals surface area contributed by atoms with Gasteiger partial charge in [0, 0.05) is 6.20 Å². The smallest absolute Gasteiger partial charge is 0.425 e. The summed E-state index contributed by atoms with van der Waals surface area (Å²) in [5.74, 6) is -1.03. The lowest BCUT2D eigenvalue weighted by molar-refractivity contribution is -0.198. The Kier molecular flexibility index (Phi) is 3.73. The van der Waals surface area contributed by atoms with Gasteiger partial charge in [-0.15, -0.1) is 0 Å². The van der Waals surface area contributed by atoms with Gasteiger partial charge in [0.2, 0.25) is 0 Å². The Labute approximate surface area is 103 Å². The molecule has 0 bridgehead atoms. The molecule has 1 atom stereocenters. The van der Waals surface area contributed by atoms with Crippen LogP contribution in [-0.4, -0.2) is 28.0 Å². The molecule has 0 aromatic carbocycles. The number of esters is 1. The molecule has 0 aliphatic heterocycles. The third-order valence-corrected chi connectivity index (χ3v) is 2.25. The third-order valence-electron chi connectivity index (χ3n) is 2.25. The van der Waals surface area contributed by atoms with Gasteiger partial charge in [0.1, 0.15) is 0 Å². The number of alkyl halides is 3. The lowest BCUT2D eigenvalue weighted by Crippen LogP contribution is -2.30. The Balaban J connectivity index is 2.77. The zero-order valence-electron chi connectivity index (χ0n) is 10.6. The average Bonchev–Trinajstić information content (AvgIpc) is 2.63. The number of nitrogens with zero attached hydrogens (tertiary/aromatic N) is 2. The Hall–Kier alpha value is -1.53. The topological polar surface area (TPSA) is 44.1 Å². The van der Waals surface area contributed by atoms with E-state index in [1.165, 1.54) is 17.1 Å². The van der Waals surface area contributed by atoms with Crippen molar-refractivity contribution in [1.29, 1.82) is 0 Å². The van der Waals surface area contributed by atoms with Crippen LogP contribution in [0.25, 0.3) is 0 Å². The molecule has 0 aliphatic rings. The first-order chi connectivity index (χ1) is 8.01. The molecule has 0 spiro atoms. The summed E-state index contributed by atoms with van der Waals surface area (Å²) in [6, 6.07) is 0. The number of carbonyl (C=O) groups excluding carboxylic acids is 1. The molecule has 0 N–H and O–H groups in total. The molecule has 0 radical (unpaired) electrons. The van der Waals surface area contributed by atoms with Crippen molar-refractivity contribution >= 4 is 5.97 Å². The van der Waals surface area contributed by atoms with E-state index in [-0.39, 0.29) is 11.1 Å². The van der Waals surface area contributed by atoms with Gasteiger partial charge in [-0.3, -0.25) is 4.68 Å². The molecule has 7 heteroatoms. The number of aromatic nitrogens is 2. The molecule has 102 valence electrons. The number of hydrogen-bond donors (Lipinski definition) is 0. The summed E-state index contributed by atoms with van der Waals surface area (Å²) in [4.78, 5) is 11.5. The van der Waals surface area contributed by atoms with Crippen LogP contribution < -0.4 is 0 Å². The molecule has 4 nitrogen and oxygen atoms in total. The van der Waals surface area contributed by atoms with Crippen molar-refractivity contribution in [2.45, 2.75) is 45.5 Å².